The second-order valence-corrected chi connectivity index (χ2v) is 5.61. The molecule has 3 rings (SSSR count). The summed E-state index contributed by atoms with van der Waals surface area (Å²) < 4.78 is 0. The third-order valence-electron chi connectivity index (χ3n) is 3.23. The number of aromatic nitrogens is 2. The first-order valence-corrected chi connectivity index (χ1v) is 7.00. The molecular weight excluding hydrogens is 291 g/mol. The number of rotatable bonds is 1. The maximum absolute atomic E-state index is 6.26. The normalized spacial score (nSPS) is 11.0. The van der Waals surface area contributed by atoms with Crippen molar-refractivity contribution in [2.75, 3.05) is 0 Å². The van der Waals surface area contributed by atoms with E-state index in [2.05, 4.69) is 23.0 Å². The predicted molar refractivity (Wildman–Crippen MR) is 84.5 cm³/mol. The van der Waals surface area contributed by atoms with E-state index < -0.39 is 0 Å². The molecule has 0 saturated carbocycles. The zero-order valence-corrected chi connectivity index (χ0v) is 12.6. The molecule has 1 aromatic heterocycles. The van der Waals surface area contributed by atoms with Crippen molar-refractivity contribution in [2.24, 2.45) is 0 Å². The molecule has 4 heteroatoms. The van der Waals surface area contributed by atoms with E-state index in [0.29, 0.717) is 16.0 Å². The number of aryl methyl sites for hydroxylation is 2. The van der Waals surface area contributed by atoms with Crippen LogP contribution in [0, 0.1) is 13.8 Å². The first kappa shape index (κ1) is 13.3. The van der Waals surface area contributed by atoms with Crippen molar-refractivity contribution >= 4 is 34.1 Å². The van der Waals surface area contributed by atoms with Crippen LogP contribution in [0.2, 0.25) is 10.2 Å². The van der Waals surface area contributed by atoms with E-state index in [-0.39, 0.29) is 0 Å². The lowest BCUT2D eigenvalue weighted by atomic mass is 10.1. The van der Waals surface area contributed by atoms with Crippen molar-refractivity contribution < 1.29 is 0 Å². The average Bonchev–Trinajstić information content (AvgIpc) is 2.39. The quantitative estimate of drug-likeness (QED) is 0.576. The summed E-state index contributed by atoms with van der Waals surface area (Å²) in [5.41, 5.74) is 4.14. The van der Waals surface area contributed by atoms with Crippen LogP contribution in [0.15, 0.2) is 36.4 Å². The summed E-state index contributed by atoms with van der Waals surface area (Å²) >= 11 is 12.2. The van der Waals surface area contributed by atoms with Gasteiger partial charge in [0.15, 0.2) is 5.82 Å². The molecule has 0 aliphatic rings. The van der Waals surface area contributed by atoms with Crippen molar-refractivity contribution in [3.63, 3.8) is 0 Å². The molecule has 0 bridgehead atoms. The van der Waals surface area contributed by atoms with Crippen LogP contribution in [0.4, 0.5) is 0 Å². The Hall–Kier alpha value is -1.64. The van der Waals surface area contributed by atoms with Gasteiger partial charge in [0.05, 0.1) is 5.52 Å². The van der Waals surface area contributed by atoms with Gasteiger partial charge in [0, 0.05) is 16.0 Å². The van der Waals surface area contributed by atoms with E-state index >= 15 is 0 Å². The lowest BCUT2D eigenvalue weighted by Crippen LogP contribution is -1.94. The van der Waals surface area contributed by atoms with Crippen LogP contribution >= 0.6 is 23.2 Å². The molecular formula is C16H12Cl2N2. The zero-order valence-electron chi connectivity index (χ0n) is 11.1. The Morgan fingerprint density at radius 3 is 2.45 bits per heavy atom. The molecule has 0 radical (unpaired) electrons. The minimum atomic E-state index is 0.424. The van der Waals surface area contributed by atoms with E-state index in [4.69, 9.17) is 23.2 Å². The minimum Gasteiger partial charge on any atom is -0.228 e. The first-order valence-electron chi connectivity index (χ1n) is 6.25. The van der Waals surface area contributed by atoms with Crippen LogP contribution in [-0.4, -0.2) is 9.97 Å². The van der Waals surface area contributed by atoms with Crippen LogP contribution in [0.5, 0.6) is 0 Å². The van der Waals surface area contributed by atoms with E-state index in [0.717, 1.165) is 22.0 Å². The molecule has 0 aliphatic heterocycles. The van der Waals surface area contributed by atoms with Gasteiger partial charge in [-0.05, 0) is 37.6 Å². The molecule has 0 fully saturated rings. The third-order valence-corrected chi connectivity index (χ3v) is 3.76. The summed E-state index contributed by atoms with van der Waals surface area (Å²) in [5.74, 6) is 0.641. The van der Waals surface area contributed by atoms with Crippen LogP contribution in [0.25, 0.3) is 22.3 Å². The maximum Gasteiger partial charge on any atom is 0.161 e. The Kier molecular flexibility index (Phi) is 3.36. The van der Waals surface area contributed by atoms with Gasteiger partial charge in [-0.15, -0.1) is 0 Å². The van der Waals surface area contributed by atoms with Gasteiger partial charge >= 0.3 is 0 Å². The molecule has 0 spiro atoms. The second kappa shape index (κ2) is 5.04. The summed E-state index contributed by atoms with van der Waals surface area (Å²) in [6.07, 6.45) is 0. The van der Waals surface area contributed by atoms with E-state index in [1.165, 1.54) is 5.56 Å². The lowest BCUT2D eigenvalue weighted by Gasteiger charge is -2.08. The molecule has 2 aromatic carbocycles. The lowest BCUT2D eigenvalue weighted by molar-refractivity contribution is 1.21. The van der Waals surface area contributed by atoms with Crippen LogP contribution in [0.3, 0.4) is 0 Å². The number of hydrogen-bond acceptors (Lipinski definition) is 2. The fourth-order valence-electron chi connectivity index (χ4n) is 2.25. The van der Waals surface area contributed by atoms with Gasteiger partial charge in [0.2, 0.25) is 0 Å². The van der Waals surface area contributed by atoms with Crippen LogP contribution in [0.1, 0.15) is 11.1 Å². The van der Waals surface area contributed by atoms with Crippen LogP contribution < -0.4 is 0 Å². The molecule has 2 nitrogen and oxygen atoms in total. The number of nitrogens with zero attached hydrogens (tertiary/aromatic N) is 2. The highest BCUT2D eigenvalue weighted by atomic mass is 35.5. The van der Waals surface area contributed by atoms with Gasteiger partial charge in [-0.1, -0.05) is 47.0 Å². The number of benzene rings is 2. The molecule has 0 saturated heterocycles. The smallest absolute Gasteiger partial charge is 0.161 e. The predicted octanol–water partition coefficient (Wildman–Crippen LogP) is 5.22. The molecule has 1 heterocycles. The standard InChI is InChI=1S/C16H12Cl2N2/c1-9-3-5-12(10(2)7-9)16-19-14-6-4-11(17)8-13(14)15(18)20-16/h3-8H,1-2H3. The van der Waals surface area contributed by atoms with Gasteiger partial charge in [0.25, 0.3) is 0 Å². The third kappa shape index (κ3) is 2.37. The zero-order chi connectivity index (χ0) is 14.3. The molecule has 0 aliphatic carbocycles. The largest absolute Gasteiger partial charge is 0.228 e. The summed E-state index contributed by atoms with van der Waals surface area (Å²) in [5, 5.41) is 1.82. The highest BCUT2D eigenvalue weighted by Crippen LogP contribution is 2.28. The van der Waals surface area contributed by atoms with Gasteiger partial charge < -0.3 is 0 Å². The molecule has 0 N–H and O–H groups in total. The SMILES string of the molecule is Cc1ccc(-c2nc(Cl)c3cc(Cl)ccc3n2)c(C)c1. The Morgan fingerprint density at radius 2 is 1.70 bits per heavy atom. The van der Waals surface area contributed by atoms with Crippen LogP contribution in [-0.2, 0) is 0 Å². The summed E-state index contributed by atoms with van der Waals surface area (Å²) in [7, 11) is 0. The number of fused-ring (bicyclic) bond motifs is 1. The average molecular weight is 303 g/mol. The van der Waals surface area contributed by atoms with E-state index in [1.807, 2.05) is 25.1 Å². The Balaban J connectivity index is 2.24. The Labute approximate surface area is 127 Å². The van der Waals surface area contributed by atoms with Crippen molar-refractivity contribution in [1.29, 1.82) is 0 Å². The first-order chi connectivity index (χ1) is 9.54. The van der Waals surface area contributed by atoms with Crippen molar-refractivity contribution in [3.05, 3.63) is 57.7 Å². The topological polar surface area (TPSA) is 25.8 Å². The monoisotopic (exact) mass is 302 g/mol. The van der Waals surface area contributed by atoms with Gasteiger partial charge in [0.1, 0.15) is 5.15 Å². The summed E-state index contributed by atoms with van der Waals surface area (Å²) in [6.45, 7) is 4.11. The minimum absolute atomic E-state index is 0.424. The van der Waals surface area contributed by atoms with Crippen molar-refractivity contribution in [1.82, 2.24) is 9.97 Å². The van der Waals surface area contributed by atoms with Crippen molar-refractivity contribution in [2.45, 2.75) is 13.8 Å². The van der Waals surface area contributed by atoms with Gasteiger partial charge in [-0.3, -0.25) is 0 Å². The molecule has 0 unspecified atom stereocenters. The number of hydrogen-bond donors (Lipinski definition) is 0. The van der Waals surface area contributed by atoms with E-state index in [9.17, 15) is 0 Å². The summed E-state index contributed by atoms with van der Waals surface area (Å²) in [6, 6.07) is 11.6. The molecule has 20 heavy (non-hydrogen) atoms. The van der Waals surface area contributed by atoms with Gasteiger partial charge in [-0.25, -0.2) is 9.97 Å². The van der Waals surface area contributed by atoms with E-state index in [1.54, 1.807) is 12.1 Å². The highest BCUT2D eigenvalue weighted by molar-refractivity contribution is 6.35. The Morgan fingerprint density at radius 1 is 0.900 bits per heavy atom. The molecule has 0 amide bonds. The molecule has 3 aromatic rings. The highest BCUT2D eigenvalue weighted by Gasteiger charge is 2.10. The fraction of sp³-hybridized carbons (Fsp3) is 0.125. The summed E-state index contributed by atoms with van der Waals surface area (Å²) in [4.78, 5) is 8.98. The maximum atomic E-state index is 6.26. The number of halogens is 2. The van der Waals surface area contributed by atoms with Gasteiger partial charge in [-0.2, -0.15) is 0 Å². The molecule has 0 atom stereocenters. The Bertz CT molecular complexity index is 813. The fourth-order valence-corrected chi connectivity index (χ4v) is 2.65. The van der Waals surface area contributed by atoms with Crippen molar-refractivity contribution in [3.8, 4) is 11.4 Å². The second-order valence-electron chi connectivity index (χ2n) is 4.82. The molecule has 100 valence electrons.